The topological polar surface area (TPSA) is 32.6 Å². The molecule has 2 aromatic rings. The third-order valence-electron chi connectivity index (χ3n) is 2.87. The minimum Gasteiger partial charge on any atom is -0.507 e. The van der Waals surface area contributed by atoms with Gasteiger partial charge in [0, 0.05) is 11.8 Å². The average molecular weight is 257 g/mol. The Bertz CT molecular complexity index is 585. The lowest BCUT2D eigenvalue weighted by molar-refractivity contribution is 0.470. The van der Waals surface area contributed by atoms with Crippen molar-refractivity contribution in [2.45, 2.75) is 13.8 Å². The number of aryl methyl sites for hydroxylation is 2. The zero-order valence-electron chi connectivity index (χ0n) is 10.5. The SMILES string of the molecule is Cc1cccc(/C=N/c2c(C)cccc2P)c1O. The summed E-state index contributed by atoms with van der Waals surface area (Å²) < 4.78 is 0. The van der Waals surface area contributed by atoms with Crippen LogP contribution in [-0.2, 0) is 0 Å². The Morgan fingerprint density at radius 1 is 1.06 bits per heavy atom. The molecule has 0 radical (unpaired) electrons. The molecule has 1 N–H and O–H groups in total. The highest BCUT2D eigenvalue weighted by Gasteiger charge is 2.02. The molecule has 0 aliphatic rings. The molecule has 18 heavy (non-hydrogen) atoms. The van der Waals surface area contributed by atoms with Gasteiger partial charge in [-0.15, -0.1) is 9.24 Å². The van der Waals surface area contributed by atoms with Crippen LogP contribution in [0.15, 0.2) is 41.4 Å². The third-order valence-corrected chi connectivity index (χ3v) is 3.34. The largest absolute Gasteiger partial charge is 0.507 e. The molecule has 1 atom stereocenters. The van der Waals surface area contributed by atoms with Crippen molar-refractivity contribution in [3.63, 3.8) is 0 Å². The second-order valence-electron chi connectivity index (χ2n) is 4.28. The van der Waals surface area contributed by atoms with Crippen molar-refractivity contribution in [1.29, 1.82) is 0 Å². The molecule has 3 heteroatoms. The number of aromatic hydroxyl groups is 1. The Labute approximate surface area is 110 Å². The van der Waals surface area contributed by atoms with Gasteiger partial charge in [0.25, 0.3) is 0 Å². The summed E-state index contributed by atoms with van der Waals surface area (Å²) in [6, 6.07) is 11.7. The molecule has 0 saturated carbocycles. The predicted octanol–water partition coefficient (Wildman–Crippen LogP) is 3.26. The molecule has 0 heterocycles. The van der Waals surface area contributed by atoms with Crippen LogP contribution in [0.2, 0.25) is 0 Å². The van der Waals surface area contributed by atoms with Crippen LogP contribution in [0, 0.1) is 13.8 Å². The van der Waals surface area contributed by atoms with Gasteiger partial charge in [0.15, 0.2) is 0 Å². The maximum absolute atomic E-state index is 9.92. The summed E-state index contributed by atoms with van der Waals surface area (Å²) in [5, 5.41) is 11.0. The quantitative estimate of drug-likeness (QED) is 0.650. The molecule has 0 spiro atoms. The minimum absolute atomic E-state index is 0.292. The van der Waals surface area contributed by atoms with Gasteiger partial charge in [-0.25, -0.2) is 0 Å². The highest BCUT2D eigenvalue weighted by Crippen LogP contribution is 2.22. The fraction of sp³-hybridized carbons (Fsp3) is 0.133. The molecule has 1 unspecified atom stereocenters. The number of hydrogen-bond donors (Lipinski definition) is 1. The van der Waals surface area contributed by atoms with E-state index in [-0.39, 0.29) is 0 Å². The Kier molecular flexibility index (Phi) is 3.78. The van der Waals surface area contributed by atoms with Gasteiger partial charge in [0.1, 0.15) is 5.75 Å². The number of para-hydroxylation sites is 2. The van der Waals surface area contributed by atoms with Gasteiger partial charge in [-0.05, 0) is 36.3 Å². The molecule has 0 saturated heterocycles. The van der Waals surface area contributed by atoms with Crippen LogP contribution in [0.1, 0.15) is 16.7 Å². The fourth-order valence-electron chi connectivity index (χ4n) is 1.78. The number of benzene rings is 2. The normalized spacial score (nSPS) is 11.1. The van der Waals surface area contributed by atoms with Gasteiger partial charge in [-0.1, -0.05) is 30.3 Å². The monoisotopic (exact) mass is 257 g/mol. The number of nitrogens with zero attached hydrogens (tertiary/aromatic N) is 1. The standard InChI is InChI=1S/C15H16NOP/c1-10-5-4-8-13(18)14(10)16-9-12-7-3-6-11(2)15(12)17/h3-9,17H,18H2,1-2H3/b16-9+. The van der Waals surface area contributed by atoms with Crippen LogP contribution in [0.25, 0.3) is 0 Å². The van der Waals surface area contributed by atoms with Crippen LogP contribution < -0.4 is 5.30 Å². The molecular formula is C15H16NOP. The first-order chi connectivity index (χ1) is 8.59. The lowest BCUT2D eigenvalue weighted by Crippen LogP contribution is -1.94. The van der Waals surface area contributed by atoms with Gasteiger partial charge in [-0.3, -0.25) is 4.99 Å². The average Bonchev–Trinajstić information content (AvgIpc) is 2.33. The van der Waals surface area contributed by atoms with Crippen LogP contribution in [0.4, 0.5) is 5.69 Å². The lowest BCUT2D eigenvalue weighted by atomic mass is 10.1. The van der Waals surface area contributed by atoms with Crippen LogP contribution in [0.5, 0.6) is 5.75 Å². The lowest BCUT2D eigenvalue weighted by Gasteiger charge is -2.05. The van der Waals surface area contributed by atoms with Crippen molar-refractivity contribution in [1.82, 2.24) is 0 Å². The molecular weight excluding hydrogens is 241 g/mol. The van der Waals surface area contributed by atoms with E-state index in [1.165, 1.54) is 0 Å². The smallest absolute Gasteiger partial charge is 0.127 e. The van der Waals surface area contributed by atoms with Gasteiger partial charge in [0.05, 0.1) is 5.69 Å². The van der Waals surface area contributed by atoms with Crippen molar-refractivity contribution in [2.24, 2.45) is 4.99 Å². The summed E-state index contributed by atoms with van der Waals surface area (Å²) in [4.78, 5) is 4.47. The van der Waals surface area contributed by atoms with Gasteiger partial charge >= 0.3 is 0 Å². The highest BCUT2D eigenvalue weighted by atomic mass is 31.0. The molecule has 0 bridgehead atoms. The van der Waals surface area contributed by atoms with Crippen molar-refractivity contribution in [3.05, 3.63) is 53.1 Å². The van der Waals surface area contributed by atoms with E-state index in [9.17, 15) is 5.11 Å². The molecule has 0 amide bonds. The molecule has 0 aliphatic heterocycles. The highest BCUT2D eigenvalue weighted by molar-refractivity contribution is 7.28. The summed E-state index contributed by atoms with van der Waals surface area (Å²) in [6.07, 6.45) is 1.71. The molecule has 0 aromatic heterocycles. The van der Waals surface area contributed by atoms with Crippen LogP contribution in [0.3, 0.4) is 0 Å². The van der Waals surface area contributed by atoms with Gasteiger partial charge in [-0.2, -0.15) is 0 Å². The summed E-state index contributed by atoms with van der Waals surface area (Å²) >= 11 is 0. The summed E-state index contributed by atoms with van der Waals surface area (Å²) in [5.41, 5.74) is 3.65. The van der Waals surface area contributed by atoms with E-state index < -0.39 is 0 Å². The maximum atomic E-state index is 9.92. The predicted molar refractivity (Wildman–Crippen MR) is 80.6 cm³/mol. The number of phenols is 1. The molecule has 2 nitrogen and oxygen atoms in total. The van der Waals surface area contributed by atoms with E-state index in [0.717, 1.165) is 27.7 Å². The Morgan fingerprint density at radius 3 is 2.44 bits per heavy atom. The van der Waals surface area contributed by atoms with E-state index in [2.05, 4.69) is 14.2 Å². The van der Waals surface area contributed by atoms with Crippen LogP contribution in [-0.4, -0.2) is 11.3 Å². The number of phenolic OH excluding ortho intramolecular Hbond substituents is 1. The van der Waals surface area contributed by atoms with Crippen molar-refractivity contribution in [2.75, 3.05) is 0 Å². The summed E-state index contributed by atoms with van der Waals surface area (Å²) in [6.45, 7) is 3.90. The van der Waals surface area contributed by atoms with E-state index in [1.807, 2.05) is 50.2 Å². The van der Waals surface area contributed by atoms with E-state index in [1.54, 1.807) is 6.21 Å². The molecule has 2 rings (SSSR count). The van der Waals surface area contributed by atoms with Crippen molar-refractivity contribution < 1.29 is 5.11 Å². The summed E-state index contributed by atoms with van der Waals surface area (Å²) in [5.74, 6) is 0.292. The summed E-state index contributed by atoms with van der Waals surface area (Å²) in [7, 11) is 2.68. The second-order valence-corrected chi connectivity index (χ2v) is 4.91. The number of rotatable bonds is 2. The first kappa shape index (κ1) is 12.8. The number of hydrogen-bond acceptors (Lipinski definition) is 2. The van der Waals surface area contributed by atoms with Crippen LogP contribution >= 0.6 is 9.24 Å². The van der Waals surface area contributed by atoms with Crippen molar-refractivity contribution >= 4 is 26.4 Å². The maximum Gasteiger partial charge on any atom is 0.127 e. The Hall–Kier alpha value is -1.66. The van der Waals surface area contributed by atoms with E-state index in [4.69, 9.17) is 0 Å². The molecule has 0 aliphatic carbocycles. The number of aliphatic imine (C=N–C) groups is 1. The first-order valence-electron chi connectivity index (χ1n) is 5.77. The second kappa shape index (κ2) is 5.32. The minimum atomic E-state index is 0.292. The van der Waals surface area contributed by atoms with E-state index in [0.29, 0.717) is 5.75 Å². The van der Waals surface area contributed by atoms with Crippen molar-refractivity contribution in [3.8, 4) is 5.75 Å². The van der Waals surface area contributed by atoms with Gasteiger partial charge < -0.3 is 5.11 Å². The zero-order chi connectivity index (χ0) is 13.1. The van der Waals surface area contributed by atoms with E-state index >= 15 is 0 Å². The molecule has 92 valence electrons. The Balaban J connectivity index is 2.39. The third kappa shape index (κ3) is 2.60. The molecule has 2 aromatic carbocycles. The van der Waals surface area contributed by atoms with Gasteiger partial charge in [0.2, 0.25) is 0 Å². The first-order valence-corrected chi connectivity index (χ1v) is 6.35. The Morgan fingerprint density at radius 2 is 1.72 bits per heavy atom. The molecule has 0 fully saturated rings. The zero-order valence-corrected chi connectivity index (χ0v) is 11.7. The fourth-order valence-corrected chi connectivity index (χ4v) is 2.19.